The first-order valence-electron chi connectivity index (χ1n) is 7.14. The molecule has 8 heteroatoms. The molecule has 2 N–H and O–H groups in total. The zero-order valence-electron chi connectivity index (χ0n) is 12.4. The van der Waals surface area contributed by atoms with Gasteiger partial charge in [-0.15, -0.1) is 0 Å². The molecule has 3 heterocycles. The number of primary sulfonamides is 1. The van der Waals surface area contributed by atoms with Gasteiger partial charge in [-0.2, -0.15) is 5.10 Å². The Labute approximate surface area is 129 Å². The molecular formula is C14H19N5O2S. The summed E-state index contributed by atoms with van der Waals surface area (Å²) >= 11 is 0. The van der Waals surface area contributed by atoms with Crippen LogP contribution < -0.4 is 10.0 Å². The van der Waals surface area contributed by atoms with Crippen molar-refractivity contribution in [2.75, 3.05) is 18.0 Å². The number of nitrogens with zero attached hydrogens (tertiary/aromatic N) is 4. The van der Waals surface area contributed by atoms with Gasteiger partial charge in [-0.05, 0) is 36.5 Å². The lowest BCUT2D eigenvalue weighted by atomic mass is 10.0. The van der Waals surface area contributed by atoms with E-state index in [-0.39, 0.29) is 4.90 Å². The summed E-state index contributed by atoms with van der Waals surface area (Å²) in [5, 5.41) is 9.46. The van der Waals surface area contributed by atoms with Gasteiger partial charge in [0.15, 0.2) is 0 Å². The van der Waals surface area contributed by atoms with Crippen LogP contribution in [0.4, 0.5) is 5.82 Å². The van der Waals surface area contributed by atoms with Crippen LogP contribution in [0.5, 0.6) is 0 Å². The van der Waals surface area contributed by atoms with Crippen LogP contribution in [0.2, 0.25) is 0 Å². The van der Waals surface area contributed by atoms with Crippen molar-refractivity contribution in [3.05, 3.63) is 36.3 Å². The number of sulfonamides is 1. The van der Waals surface area contributed by atoms with Gasteiger partial charge in [0.1, 0.15) is 10.7 Å². The van der Waals surface area contributed by atoms with Crippen LogP contribution in [0.3, 0.4) is 0 Å². The zero-order chi connectivity index (χ0) is 15.7. The first-order valence-corrected chi connectivity index (χ1v) is 8.68. The highest BCUT2D eigenvalue weighted by atomic mass is 32.2. The Morgan fingerprint density at radius 3 is 2.95 bits per heavy atom. The number of nitrogens with two attached hydrogens (primary N) is 1. The van der Waals surface area contributed by atoms with E-state index in [4.69, 9.17) is 5.14 Å². The average Bonchev–Trinajstić information content (AvgIpc) is 3.08. The molecule has 22 heavy (non-hydrogen) atoms. The molecule has 0 bridgehead atoms. The molecule has 1 fully saturated rings. The maximum Gasteiger partial charge on any atom is 0.241 e. The summed E-state index contributed by atoms with van der Waals surface area (Å²) in [4.78, 5) is 6.32. The molecule has 0 aromatic carbocycles. The predicted molar refractivity (Wildman–Crippen MR) is 82.8 cm³/mol. The van der Waals surface area contributed by atoms with E-state index in [9.17, 15) is 8.42 Å². The third-order valence-electron chi connectivity index (χ3n) is 3.93. The summed E-state index contributed by atoms with van der Waals surface area (Å²) in [5.74, 6) is 0.915. The highest BCUT2D eigenvalue weighted by Gasteiger charge is 2.27. The van der Waals surface area contributed by atoms with E-state index >= 15 is 0 Å². The largest absolute Gasteiger partial charge is 0.355 e. The van der Waals surface area contributed by atoms with Crippen molar-refractivity contribution in [1.82, 2.24) is 14.8 Å². The maximum absolute atomic E-state index is 11.7. The fourth-order valence-corrected chi connectivity index (χ4v) is 3.65. The molecule has 7 nitrogen and oxygen atoms in total. The third-order valence-corrected chi connectivity index (χ3v) is 4.86. The fraction of sp³-hybridized carbons (Fsp3) is 0.429. The molecule has 1 aliphatic heterocycles. The van der Waals surface area contributed by atoms with Gasteiger partial charge in [0.05, 0.1) is 6.20 Å². The second kappa shape index (κ2) is 5.69. The van der Waals surface area contributed by atoms with Gasteiger partial charge < -0.3 is 4.90 Å². The van der Waals surface area contributed by atoms with E-state index in [0.29, 0.717) is 11.7 Å². The zero-order valence-corrected chi connectivity index (χ0v) is 13.2. The van der Waals surface area contributed by atoms with E-state index < -0.39 is 10.0 Å². The van der Waals surface area contributed by atoms with E-state index in [1.807, 2.05) is 24.3 Å². The molecule has 118 valence electrons. The standard InChI is InChI=1S/C14H19N5O2S/c1-18-9-12(8-17-18)7-11-4-6-19(10-11)14-13(22(15,20)21)3-2-5-16-14/h2-3,5,8-9,11H,4,6-7,10H2,1H3,(H2,15,20,21). The highest BCUT2D eigenvalue weighted by Crippen LogP contribution is 2.28. The van der Waals surface area contributed by atoms with Gasteiger partial charge in [0.25, 0.3) is 0 Å². The average molecular weight is 321 g/mol. The molecule has 0 aliphatic carbocycles. The summed E-state index contributed by atoms with van der Waals surface area (Å²) in [6, 6.07) is 3.10. The Balaban J connectivity index is 1.76. The van der Waals surface area contributed by atoms with Crippen LogP contribution in [0, 0.1) is 5.92 Å². The number of hydrogen-bond donors (Lipinski definition) is 1. The Bertz CT molecular complexity index is 771. The van der Waals surface area contributed by atoms with Crippen LogP contribution in [0.25, 0.3) is 0 Å². The van der Waals surface area contributed by atoms with Crippen LogP contribution in [0.15, 0.2) is 35.6 Å². The maximum atomic E-state index is 11.7. The van der Waals surface area contributed by atoms with Crippen molar-refractivity contribution >= 4 is 15.8 Å². The Kier molecular flexibility index (Phi) is 3.88. The Hall–Kier alpha value is -1.93. The summed E-state index contributed by atoms with van der Waals surface area (Å²) in [6.07, 6.45) is 7.41. The SMILES string of the molecule is Cn1cc(CC2CCN(c3ncccc3S(N)(=O)=O)C2)cn1. The smallest absolute Gasteiger partial charge is 0.241 e. The molecule has 2 aromatic heterocycles. The minimum atomic E-state index is -3.76. The lowest BCUT2D eigenvalue weighted by Gasteiger charge is -2.19. The first kappa shape index (κ1) is 15.0. The molecule has 3 rings (SSSR count). The molecule has 0 radical (unpaired) electrons. The van der Waals surface area contributed by atoms with Gasteiger partial charge in [-0.1, -0.05) is 0 Å². The van der Waals surface area contributed by atoms with E-state index in [0.717, 1.165) is 25.9 Å². The minimum absolute atomic E-state index is 0.0945. The molecule has 1 saturated heterocycles. The number of aryl methyl sites for hydroxylation is 1. The van der Waals surface area contributed by atoms with Gasteiger partial charge in [-0.3, -0.25) is 4.68 Å². The molecule has 1 atom stereocenters. The second-order valence-electron chi connectivity index (χ2n) is 5.70. The fourth-order valence-electron chi connectivity index (χ4n) is 2.94. The van der Waals surface area contributed by atoms with Crippen molar-refractivity contribution in [1.29, 1.82) is 0 Å². The van der Waals surface area contributed by atoms with Gasteiger partial charge in [-0.25, -0.2) is 18.5 Å². The second-order valence-corrected chi connectivity index (χ2v) is 7.23. The van der Waals surface area contributed by atoms with Crippen molar-refractivity contribution in [3.8, 4) is 0 Å². The van der Waals surface area contributed by atoms with Crippen LogP contribution in [-0.4, -0.2) is 36.3 Å². The van der Waals surface area contributed by atoms with Crippen LogP contribution >= 0.6 is 0 Å². The molecule has 2 aromatic rings. The lowest BCUT2D eigenvalue weighted by molar-refractivity contribution is 0.584. The summed E-state index contributed by atoms with van der Waals surface area (Å²) in [6.45, 7) is 1.55. The number of pyridine rings is 1. The lowest BCUT2D eigenvalue weighted by Crippen LogP contribution is -2.25. The Morgan fingerprint density at radius 1 is 1.45 bits per heavy atom. The first-order chi connectivity index (χ1) is 10.4. The number of anilines is 1. The topological polar surface area (TPSA) is 94.1 Å². The van der Waals surface area contributed by atoms with Crippen LogP contribution in [-0.2, 0) is 23.5 Å². The quantitative estimate of drug-likeness (QED) is 0.886. The molecular weight excluding hydrogens is 302 g/mol. The molecule has 1 unspecified atom stereocenters. The van der Waals surface area contributed by atoms with Crippen LogP contribution in [0.1, 0.15) is 12.0 Å². The van der Waals surface area contributed by atoms with E-state index in [1.165, 1.54) is 11.6 Å². The van der Waals surface area contributed by atoms with E-state index in [1.54, 1.807) is 16.9 Å². The minimum Gasteiger partial charge on any atom is -0.355 e. The molecule has 0 spiro atoms. The number of aromatic nitrogens is 3. The third kappa shape index (κ3) is 3.12. The van der Waals surface area contributed by atoms with Crippen molar-refractivity contribution < 1.29 is 8.42 Å². The normalized spacial score (nSPS) is 18.8. The van der Waals surface area contributed by atoms with Gasteiger partial charge >= 0.3 is 0 Å². The Morgan fingerprint density at radius 2 is 2.27 bits per heavy atom. The van der Waals surface area contributed by atoms with Crippen molar-refractivity contribution in [3.63, 3.8) is 0 Å². The summed E-state index contributed by atoms with van der Waals surface area (Å²) in [7, 11) is -1.86. The predicted octanol–water partition coefficient (Wildman–Crippen LogP) is 0.531. The van der Waals surface area contributed by atoms with Gasteiger partial charge in [0.2, 0.25) is 10.0 Å². The number of rotatable bonds is 4. The number of hydrogen-bond acceptors (Lipinski definition) is 5. The van der Waals surface area contributed by atoms with E-state index in [2.05, 4.69) is 10.1 Å². The summed E-state index contributed by atoms with van der Waals surface area (Å²) in [5.41, 5.74) is 1.20. The van der Waals surface area contributed by atoms with Crippen molar-refractivity contribution in [2.24, 2.45) is 18.1 Å². The monoisotopic (exact) mass is 321 g/mol. The van der Waals surface area contributed by atoms with Crippen molar-refractivity contribution in [2.45, 2.75) is 17.7 Å². The molecule has 1 aliphatic rings. The highest BCUT2D eigenvalue weighted by molar-refractivity contribution is 7.89. The molecule has 0 amide bonds. The van der Waals surface area contributed by atoms with Gasteiger partial charge in [0, 0.05) is 32.5 Å². The molecule has 0 saturated carbocycles. The summed E-state index contributed by atoms with van der Waals surface area (Å²) < 4.78 is 25.2.